The first kappa shape index (κ1) is 14.5. The SMILES string of the molecule is COCC1CCCN(CCC(C)(C)C(=N)N)C1. The molecule has 0 aromatic rings. The first-order chi connectivity index (χ1) is 7.95. The maximum atomic E-state index is 7.56. The Morgan fingerprint density at radius 3 is 2.82 bits per heavy atom. The molecule has 0 amide bonds. The van der Waals surface area contributed by atoms with Gasteiger partial charge in [0.1, 0.15) is 0 Å². The number of piperidine rings is 1. The summed E-state index contributed by atoms with van der Waals surface area (Å²) in [5.74, 6) is 0.970. The molecule has 1 saturated heterocycles. The van der Waals surface area contributed by atoms with E-state index in [0.717, 1.165) is 26.1 Å². The second kappa shape index (κ2) is 6.36. The highest BCUT2D eigenvalue weighted by atomic mass is 16.5. The van der Waals surface area contributed by atoms with E-state index >= 15 is 0 Å². The Labute approximate surface area is 105 Å². The normalized spacial score (nSPS) is 22.6. The molecular weight excluding hydrogens is 214 g/mol. The highest BCUT2D eigenvalue weighted by Crippen LogP contribution is 2.23. The zero-order chi connectivity index (χ0) is 12.9. The van der Waals surface area contributed by atoms with Gasteiger partial charge >= 0.3 is 0 Å². The van der Waals surface area contributed by atoms with Crippen molar-refractivity contribution in [2.75, 3.05) is 33.4 Å². The molecule has 0 aromatic heterocycles. The highest BCUT2D eigenvalue weighted by Gasteiger charge is 2.25. The predicted octanol–water partition coefficient (Wildman–Crippen LogP) is 1.70. The van der Waals surface area contributed by atoms with Gasteiger partial charge in [0.25, 0.3) is 0 Å². The zero-order valence-corrected chi connectivity index (χ0v) is 11.5. The van der Waals surface area contributed by atoms with Gasteiger partial charge in [0, 0.05) is 19.1 Å². The molecule has 1 aliphatic rings. The average molecular weight is 241 g/mol. The number of hydrogen-bond donors (Lipinski definition) is 2. The number of methoxy groups -OCH3 is 1. The van der Waals surface area contributed by atoms with E-state index in [9.17, 15) is 0 Å². The Hall–Kier alpha value is -0.610. The lowest BCUT2D eigenvalue weighted by atomic mass is 9.87. The van der Waals surface area contributed by atoms with E-state index in [4.69, 9.17) is 15.9 Å². The Balaban J connectivity index is 2.34. The van der Waals surface area contributed by atoms with Gasteiger partial charge in [-0.1, -0.05) is 13.8 Å². The number of nitrogens with one attached hydrogen (secondary N) is 1. The van der Waals surface area contributed by atoms with Gasteiger partial charge in [-0.05, 0) is 38.3 Å². The highest BCUT2D eigenvalue weighted by molar-refractivity contribution is 5.82. The van der Waals surface area contributed by atoms with Gasteiger partial charge in [-0.2, -0.15) is 0 Å². The maximum absolute atomic E-state index is 7.56. The molecule has 1 heterocycles. The van der Waals surface area contributed by atoms with E-state index < -0.39 is 0 Å². The van der Waals surface area contributed by atoms with Crippen molar-refractivity contribution in [1.82, 2.24) is 4.90 Å². The van der Waals surface area contributed by atoms with Crippen LogP contribution in [0.15, 0.2) is 0 Å². The third kappa shape index (κ3) is 4.64. The Morgan fingerprint density at radius 2 is 2.24 bits per heavy atom. The number of ether oxygens (including phenoxy) is 1. The number of rotatable bonds is 6. The van der Waals surface area contributed by atoms with Crippen LogP contribution in [-0.4, -0.2) is 44.1 Å². The summed E-state index contributed by atoms with van der Waals surface area (Å²) < 4.78 is 5.23. The fourth-order valence-corrected chi connectivity index (χ4v) is 2.30. The molecule has 0 spiro atoms. The van der Waals surface area contributed by atoms with Gasteiger partial charge in [-0.3, -0.25) is 5.41 Å². The van der Waals surface area contributed by atoms with Crippen molar-refractivity contribution >= 4 is 5.84 Å². The largest absolute Gasteiger partial charge is 0.387 e. The molecule has 0 saturated carbocycles. The van der Waals surface area contributed by atoms with Crippen LogP contribution in [0.3, 0.4) is 0 Å². The molecule has 0 bridgehead atoms. The van der Waals surface area contributed by atoms with E-state index in [-0.39, 0.29) is 5.41 Å². The van der Waals surface area contributed by atoms with Crippen molar-refractivity contribution in [1.29, 1.82) is 5.41 Å². The van der Waals surface area contributed by atoms with Gasteiger partial charge in [0.15, 0.2) is 0 Å². The molecule has 0 radical (unpaired) electrons. The molecule has 0 aromatic carbocycles. The molecule has 1 atom stereocenters. The van der Waals surface area contributed by atoms with E-state index in [1.807, 2.05) is 13.8 Å². The van der Waals surface area contributed by atoms with Crippen molar-refractivity contribution < 1.29 is 4.74 Å². The summed E-state index contributed by atoms with van der Waals surface area (Å²) in [6.45, 7) is 8.30. The molecule has 1 aliphatic heterocycles. The fourth-order valence-electron chi connectivity index (χ4n) is 2.30. The van der Waals surface area contributed by atoms with Gasteiger partial charge in [0.05, 0.1) is 12.4 Å². The van der Waals surface area contributed by atoms with Crippen LogP contribution in [0.4, 0.5) is 0 Å². The van der Waals surface area contributed by atoms with E-state index in [1.54, 1.807) is 7.11 Å². The minimum Gasteiger partial charge on any atom is -0.387 e. The lowest BCUT2D eigenvalue weighted by Crippen LogP contribution is -2.40. The first-order valence-corrected chi connectivity index (χ1v) is 6.51. The average Bonchev–Trinajstić information content (AvgIpc) is 2.27. The number of hydrogen-bond acceptors (Lipinski definition) is 3. The quantitative estimate of drug-likeness (QED) is 0.549. The Morgan fingerprint density at radius 1 is 1.53 bits per heavy atom. The molecule has 4 heteroatoms. The molecule has 1 unspecified atom stereocenters. The van der Waals surface area contributed by atoms with Crippen LogP contribution < -0.4 is 5.73 Å². The Bertz CT molecular complexity index is 251. The van der Waals surface area contributed by atoms with Crippen molar-refractivity contribution in [3.8, 4) is 0 Å². The van der Waals surface area contributed by atoms with Crippen molar-refractivity contribution in [2.45, 2.75) is 33.1 Å². The molecular formula is C13H27N3O. The van der Waals surface area contributed by atoms with Crippen LogP contribution in [-0.2, 0) is 4.74 Å². The zero-order valence-electron chi connectivity index (χ0n) is 11.5. The molecule has 4 nitrogen and oxygen atoms in total. The summed E-state index contributed by atoms with van der Waals surface area (Å²) in [7, 11) is 1.78. The predicted molar refractivity (Wildman–Crippen MR) is 71.4 cm³/mol. The molecule has 3 N–H and O–H groups in total. The summed E-state index contributed by atoms with van der Waals surface area (Å²) in [6.07, 6.45) is 3.50. The minimum atomic E-state index is -0.172. The monoisotopic (exact) mass is 241 g/mol. The maximum Gasteiger partial charge on any atom is 0.0963 e. The number of nitrogens with zero attached hydrogens (tertiary/aromatic N) is 1. The van der Waals surface area contributed by atoms with Gasteiger partial charge in [0.2, 0.25) is 0 Å². The number of likely N-dealkylation sites (tertiary alicyclic amines) is 1. The summed E-state index contributed by atoms with van der Waals surface area (Å²) in [5, 5.41) is 7.56. The van der Waals surface area contributed by atoms with E-state index in [1.165, 1.54) is 19.4 Å². The third-order valence-electron chi connectivity index (χ3n) is 3.79. The molecule has 0 aliphatic carbocycles. The van der Waals surface area contributed by atoms with Gasteiger partial charge < -0.3 is 15.4 Å². The smallest absolute Gasteiger partial charge is 0.0963 e. The number of nitrogens with two attached hydrogens (primary N) is 1. The van der Waals surface area contributed by atoms with E-state index in [2.05, 4.69) is 4.90 Å². The summed E-state index contributed by atoms with van der Waals surface area (Å²) >= 11 is 0. The van der Waals surface area contributed by atoms with Crippen LogP contribution in [0.1, 0.15) is 33.1 Å². The molecule has 100 valence electrons. The van der Waals surface area contributed by atoms with Gasteiger partial charge in [-0.15, -0.1) is 0 Å². The fraction of sp³-hybridized carbons (Fsp3) is 0.923. The molecule has 1 rings (SSSR count). The van der Waals surface area contributed by atoms with Gasteiger partial charge in [-0.25, -0.2) is 0 Å². The van der Waals surface area contributed by atoms with Crippen molar-refractivity contribution in [2.24, 2.45) is 17.1 Å². The Kier molecular flexibility index (Phi) is 5.40. The topological polar surface area (TPSA) is 62.3 Å². The van der Waals surface area contributed by atoms with Crippen LogP contribution in [0.2, 0.25) is 0 Å². The van der Waals surface area contributed by atoms with Crippen molar-refractivity contribution in [3.63, 3.8) is 0 Å². The summed E-state index contributed by atoms with van der Waals surface area (Å²) in [4.78, 5) is 2.48. The standard InChI is InChI=1S/C13H27N3O/c1-13(2,12(14)15)6-8-16-7-4-5-11(9-16)10-17-3/h11H,4-10H2,1-3H3,(H3,14,15). The van der Waals surface area contributed by atoms with Crippen LogP contribution in [0.5, 0.6) is 0 Å². The van der Waals surface area contributed by atoms with Crippen LogP contribution in [0, 0.1) is 16.7 Å². The minimum absolute atomic E-state index is 0.172. The lowest BCUT2D eigenvalue weighted by Gasteiger charge is -2.34. The number of amidine groups is 1. The second-order valence-electron chi connectivity index (χ2n) is 5.81. The van der Waals surface area contributed by atoms with Crippen LogP contribution in [0.25, 0.3) is 0 Å². The molecule has 17 heavy (non-hydrogen) atoms. The van der Waals surface area contributed by atoms with Crippen LogP contribution >= 0.6 is 0 Å². The first-order valence-electron chi connectivity index (χ1n) is 6.51. The third-order valence-corrected chi connectivity index (χ3v) is 3.79. The van der Waals surface area contributed by atoms with Crippen molar-refractivity contribution in [3.05, 3.63) is 0 Å². The summed E-state index contributed by atoms with van der Waals surface area (Å²) in [6, 6.07) is 0. The second-order valence-corrected chi connectivity index (χ2v) is 5.81. The van der Waals surface area contributed by atoms with E-state index in [0.29, 0.717) is 11.8 Å². The lowest BCUT2D eigenvalue weighted by molar-refractivity contribution is 0.0870. The summed E-state index contributed by atoms with van der Waals surface area (Å²) in [5.41, 5.74) is 5.43. The molecule has 1 fully saturated rings.